The van der Waals surface area contributed by atoms with Crippen molar-refractivity contribution >= 4 is 17.6 Å². The van der Waals surface area contributed by atoms with Crippen LogP contribution < -0.4 is 14.8 Å². The van der Waals surface area contributed by atoms with E-state index in [9.17, 15) is 4.79 Å². The number of hydrogen-bond donors (Lipinski definition) is 1. The topological polar surface area (TPSA) is 83.2 Å². The van der Waals surface area contributed by atoms with Gasteiger partial charge in [-0.2, -0.15) is 5.10 Å². The van der Waals surface area contributed by atoms with Crippen molar-refractivity contribution in [2.75, 3.05) is 20.8 Å². The maximum absolute atomic E-state index is 11.4. The number of rotatable bonds is 7. The van der Waals surface area contributed by atoms with E-state index in [0.29, 0.717) is 19.6 Å². The number of hydrogen-bond acceptors (Lipinski definition) is 5. The molecule has 0 saturated carbocycles. The molecule has 1 amide bonds. The molecule has 2 aromatic heterocycles. The lowest BCUT2D eigenvalue weighted by Gasteiger charge is -2.20. The number of aromatic nitrogens is 4. The second-order valence-electron chi connectivity index (χ2n) is 6.70. The lowest BCUT2D eigenvalue weighted by molar-refractivity contribution is -0.120. The highest BCUT2D eigenvalue weighted by atomic mass is 16.5. The van der Waals surface area contributed by atoms with Crippen molar-refractivity contribution < 1.29 is 14.3 Å². The van der Waals surface area contributed by atoms with Crippen LogP contribution in [0.4, 0.5) is 0 Å². The quantitative estimate of drug-likeness (QED) is 0.667. The minimum atomic E-state index is 0.0374. The van der Waals surface area contributed by atoms with Crippen molar-refractivity contribution in [1.82, 2.24) is 24.6 Å². The second-order valence-corrected chi connectivity index (χ2v) is 6.70. The number of nitrogens with zero attached hydrogens (tertiary/aromatic N) is 4. The Morgan fingerprint density at radius 3 is 3.10 bits per heavy atom. The minimum Gasteiger partial charge on any atom is -0.493 e. The Balaban J connectivity index is 1.55. The Bertz CT molecular complexity index is 1050. The van der Waals surface area contributed by atoms with Crippen LogP contribution in [0.25, 0.3) is 17.3 Å². The third kappa shape index (κ3) is 3.87. The van der Waals surface area contributed by atoms with Crippen LogP contribution in [0.1, 0.15) is 24.2 Å². The van der Waals surface area contributed by atoms with Crippen molar-refractivity contribution in [3.63, 3.8) is 0 Å². The van der Waals surface area contributed by atoms with E-state index in [1.54, 1.807) is 26.6 Å². The lowest BCUT2D eigenvalue weighted by Crippen LogP contribution is -2.17. The highest BCUT2D eigenvalue weighted by Gasteiger charge is 2.20. The summed E-state index contributed by atoms with van der Waals surface area (Å²) in [6.07, 6.45) is 10.7. The molecule has 8 nitrogen and oxygen atoms in total. The maximum atomic E-state index is 11.4. The zero-order valence-electron chi connectivity index (χ0n) is 16.5. The average molecular weight is 393 g/mol. The van der Waals surface area contributed by atoms with Gasteiger partial charge in [-0.3, -0.25) is 14.0 Å². The minimum absolute atomic E-state index is 0.0374. The summed E-state index contributed by atoms with van der Waals surface area (Å²) in [4.78, 5) is 15.9. The van der Waals surface area contributed by atoms with Crippen LogP contribution in [0, 0.1) is 0 Å². The molecule has 0 bridgehead atoms. The first-order chi connectivity index (χ1) is 14.2. The van der Waals surface area contributed by atoms with Gasteiger partial charge in [0.25, 0.3) is 0 Å². The van der Waals surface area contributed by atoms with Gasteiger partial charge in [0.05, 0.1) is 19.0 Å². The maximum Gasteiger partial charge on any atom is 0.219 e. The van der Waals surface area contributed by atoms with E-state index in [2.05, 4.69) is 21.5 Å². The molecule has 3 heterocycles. The molecular formula is C21H23N5O3. The molecule has 0 atom stereocenters. The third-order valence-electron chi connectivity index (χ3n) is 4.83. The van der Waals surface area contributed by atoms with Crippen molar-refractivity contribution in [1.29, 1.82) is 0 Å². The molecule has 0 radical (unpaired) electrons. The van der Waals surface area contributed by atoms with E-state index >= 15 is 0 Å². The van der Waals surface area contributed by atoms with Crippen LogP contribution in [0.5, 0.6) is 11.5 Å². The highest BCUT2D eigenvalue weighted by Crippen LogP contribution is 2.37. The normalized spacial score (nSPS) is 12.7. The third-order valence-corrected chi connectivity index (χ3v) is 4.83. The van der Waals surface area contributed by atoms with Gasteiger partial charge in [-0.15, -0.1) is 0 Å². The van der Waals surface area contributed by atoms with E-state index in [0.717, 1.165) is 40.6 Å². The Morgan fingerprint density at radius 2 is 2.28 bits per heavy atom. The molecule has 1 aliphatic heterocycles. The van der Waals surface area contributed by atoms with Crippen LogP contribution in [-0.2, 0) is 11.3 Å². The molecule has 29 heavy (non-hydrogen) atoms. The molecule has 150 valence electrons. The number of carbonyl (C=O) groups excluding carboxylic acids is 1. The summed E-state index contributed by atoms with van der Waals surface area (Å²) in [5.74, 6) is 2.32. The van der Waals surface area contributed by atoms with Crippen molar-refractivity contribution in [2.24, 2.45) is 0 Å². The molecule has 3 aromatic rings. The number of methoxy groups -OCH3 is 1. The second kappa shape index (κ2) is 8.22. The van der Waals surface area contributed by atoms with Gasteiger partial charge < -0.3 is 14.8 Å². The lowest BCUT2D eigenvalue weighted by atomic mass is 10.1. The number of fused-ring (bicyclic) bond motifs is 1. The van der Waals surface area contributed by atoms with Gasteiger partial charge in [-0.25, -0.2) is 4.98 Å². The van der Waals surface area contributed by atoms with Crippen LogP contribution in [0.15, 0.2) is 43.0 Å². The van der Waals surface area contributed by atoms with E-state index in [1.807, 2.05) is 39.8 Å². The smallest absolute Gasteiger partial charge is 0.219 e. The standard InChI is InChI=1S/C21H23N5O3/c1-22-19(27)7-4-9-25-13-17(12-24-25)26-10-8-23-21(26)16-11-15-5-3-6-18(28-2)20(15)29-14-16/h3,5-6,8,10-13H,4,7,9,14H2,1-2H3,(H,22,27). The summed E-state index contributed by atoms with van der Waals surface area (Å²) in [6.45, 7) is 1.08. The van der Waals surface area contributed by atoms with Crippen molar-refractivity contribution in [3.8, 4) is 17.2 Å². The number of amides is 1. The number of imidazole rings is 1. The molecule has 8 heteroatoms. The van der Waals surface area contributed by atoms with Gasteiger partial charge in [0, 0.05) is 49.7 Å². The number of nitrogens with one attached hydrogen (secondary N) is 1. The van der Waals surface area contributed by atoms with E-state index in [-0.39, 0.29) is 5.91 Å². The molecule has 1 aliphatic rings. The number of para-hydroxylation sites is 1. The summed E-state index contributed by atoms with van der Waals surface area (Å²) in [5.41, 5.74) is 2.85. The summed E-state index contributed by atoms with van der Waals surface area (Å²) in [5, 5.41) is 7.04. The van der Waals surface area contributed by atoms with Crippen molar-refractivity contribution in [3.05, 3.63) is 54.4 Å². The molecule has 0 aliphatic carbocycles. The van der Waals surface area contributed by atoms with Crippen LogP contribution in [0.2, 0.25) is 0 Å². The molecule has 1 aromatic carbocycles. The van der Waals surface area contributed by atoms with Crippen LogP contribution >= 0.6 is 0 Å². The van der Waals surface area contributed by atoms with Crippen LogP contribution in [-0.4, -0.2) is 46.0 Å². The van der Waals surface area contributed by atoms with Gasteiger partial charge in [-0.1, -0.05) is 12.1 Å². The van der Waals surface area contributed by atoms with E-state index in [4.69, 9.17) is 9.47 Å². The first-order valence-electron chi connectivity index (χ1n) is 9.47. The molecule has 4 rings (SSSR count). The largest absolute Gasteiger partial charge is 0.493 e. The molecule has 0 fully saturated rings. The Kier molecular flexibility index (Phi) is 5.33. The van der Waals surface area contributed by atoms with E-state index < -0.39 is 0 Å². The van der Waals surface area contributed by atoms with Gasteiger partial charge >= 0.3 is 0 Å². The Hall–Kier alpha value is -3.55. The molecular weight excluding hydrogens is 370 g/mol. The predicted molar refractivity (Wildman–Crippen MR) is 109 cm³/mol. The van der Waals surface area contributed by atoms with Gasteiger partial charge in [0.2, 0.25) is 5.91 Å². The fraction of sp³-hybridized carbons (Fsp3) is 0.286. The summed E-state index contributed by atoms with van der Waals surface area (Å²) in [6, 6.07) is 5.82. The number of aryl methyl sites for hydroxylation is 1. The van der Waals surface area contributed by atoms with Crippen molar-refractivity contribution in [2.45, 2.75) is 19.4 Å². The predicted octanol–water partition coefficient (Wildman–Crippen LogP) is 2.54. The summed E-state index contributed by atoms with van der Waals surface area (Å²) in [7, 11) is 3.28. The monoisotopic (exact) mass is 393 g/mol. The summed E-state index contributed by atoms with van der Waals surface area (Å²) >= 11 is 0. The fourth-order valence-corrected chi connectivity index (χ4v) is 3.35. The SMILES string of the molecule is CNC(=O)CCCn1cc(-n2ccnc2C2=Cc3cccc(OC)c3OC2)cn1. The van der Waals surface area contributed by atoms with Gasteiger partial charge in [0.1, 0.15) is 12.4 Å². The first kappa shape index (κ1) is 18.8. The summed E-state index contributed by atoms with van der Waals surface area (Å²) < 4.78 is 15.2. The molecule has 0 spiro atoms. The zero-order valence-corrected chi connectivity index (χ0v) is 16.5. The Labute approximate surface area is 168 Å². The fourth-order valence-electron chi connectivity index (χ4n) is 3.35. The molecule has 1 N–H and O–H groups in total. The van der Waals surface area contributed by atoms with Gasteiger partial charge in [-0.05, 0) is 18.6 Å². The molecule has 0 unspecified atom stereocenters. The van der Waals surface area contributed by atoms with Crippen LogP contribution in [0.3, 0.4) is 0 Å². The highest BCUT2D eigenvalue weighted by molar-refractivity contribution is 5.84. The number of ether oxygens (including phenoxy) is 2. The average Bonchev–Trinajstić information content (AvgIpc) is 3.42. The van der Waals surface area contributed by atoms with Gasteiger partial charge in [0.15, 0.2) is 11.5 Å². The number of benzene rings is 1. The number of carbonyl (C=O) groups is 1. The van der Waals surface area contributed by atoms with E-state index in [1.165, 1.54) is 0 Å². The first-order valence-corrected chi connectivity index (χ1v) is 9.47. The Morgan fingerprint density at radius 1 is 1.38 bits per heavy atom. The molecule has 0 saturated heterocycles. The zero-order chi connectivity index (χ0) is 20.2.